The predicted molar refractivity (Wildman–Crippen MR) is 102 cm³/mol. The van der Waals surface area contributed by atoms with Gasteiger partial charge in [-0.25, -0.2) is 9.38 Å². The summed E-state index contributed by atoms with van der Waals surface area (Å²) >= 11 is 0. The number of aliphatic imine (C=N–C) groups is 1. The van der Waals surface area contributed by atoms with Gasteiger partial charge in [0.05, 0.1) is 37.0 Å². The average Bonchev–Trinajstić information content (AvgIpc) is 2.65. The van der Waals surface area contributed by atoms with Gasteiger partial charge in [-0.2, -0.15) is 5.26 Å². The van der Waals surface area contributed by atoms with Crippen LogP contribution >= 0.6 is 0 Å². The molecule has 1 atom stereocenters. The van der Waals surface area contributed by atoms with Gasteiger partial charge in [0.15, 0.2) is 5.96 Å². The Labute approximate surface area is 159 Å². The maximum Gasteiger partial charge on any atom is 0.191 e. The van der Waals surface area contributed by atoms with E-state index in [1.165, 1.54) is 18.2 Å². The van der Waals surface area contributed by atoms with E-state index >= 15 is 0 Å². The maximum absolute atomic E-state index is 13.9. The molecule has 0 spiro atoms. The number of nitrogens with zero attached hydrogens (tertiary/aromatic N) is 3. The first kappa shape index (κ1) is 21.1. The molecule has 3 N–H and O–H groups in total. The number of aliphatic hydroxyl groups is 1. The lowest BCUT2D eigenvalue weighted by atomic mass is 10.1. The SMILES string of the molecule is CCNC(=NCc1cc(C#N)ccc1F)NCC(C)(O)CN1CCOCC1. The molecule has 1 saturated heterocycles. The summed E-state index contributed by atoms with van der Waals surface area (Å²) in [6, 6.07) is 6.21. The molecule has 0 aromatic heterocycles. The van der Waals surface area contributed by atoms with Gasteiger partial charge in [-0.1, -0.05) is 0 Å². The van der Waals surface area contributed by atoms with Crippen LogP contribution in [-0.2, 0) is 11.3 Å². The normalized spacial score (nSPS) is 17.8. The molecule has 27 heavy (non-hydrogen) atoms. The first-order valence-corrected chi connectivity index (χ1v) is 9.16. The fourth-order valence-electron chi connectivity index (χ4n) is 2.84. The second-order valence-corrected chi connectivity index (χ2v) is 6.85. The van der Waals surface area contributed by atoms with Crippen molar-refractivity contribution in [2.75, 3.05) is 45.9 Å². The summed E-state index contributed by atoms with van der Waals surface area (Å²) in [6.07, 6.45) is 0. The molecule has 1 unspecified atom stereocenters. The van der Waals surface area contributed by atoms with Gasteiger partial charge in [-0.3, -0.25) is 4.90 Å². The Morgan fingerprint density at radius 1 is 1.41 bits per heavy atom. The summed E-state index contributed by atoms with van der Waals surface area (Å²) in [5.74, 6) is 0.0921. The van der Waals surface area contributed by atoms with Crippen molar-refractivity contribution in [2.24, 2.45) is 4.99 Å². The van der Waals surface area contributed by atoms with Gasteiger partial charge in [0.2, 0.25) is 0 Å². The van der Waals surface area contributed by atoms with Crippen molar-refractivity contribution >= 4 is 5.96 Å². The van der Waals surface area contributed by atoms with Crippen molar-refractivity contribution < 1.29 is 14.2 Å². The number of hydrogen-bond acceptors (Lipinski definition) is 5. The zero-order chi connectivity index (χ0) is 19.7. The van der Waals surface area contributed by atoms with Gasteiger partial charge >= 0.3 is 0 Å². The van der Waals surface area contributed by atoms with E-state index in [9.17, 15) is 9.50 Å². The summed E-state index contributed by atoms with van der Waals surface area (Å²) < 4.78 is 19.2. The fourth-order valence-corrected chi connectivity index (χ4v) is 2.84. The van der Waals surface area contributed by atoms with Gasteiger partial charge < -0.3 is 20.5 Å². The van der Waals surface area contributed by atoms with Crippen LogP contribution in [0.3, 0.4) is 0 Å². The third kappa shape index (κ3) is 7.13. The minimum Gasteiger partial charge on any atom is -0.387 e. The molecule has 0 aliphatic carbocycles. The third-order valence-corrected chi connectivity index (χ3v) is 4.23. The summed E-state index contributed by atoms with van der Waals surface area (Å²) in [7, 11) is 0. The Kier molecular flexibility index (Phi) is 7.98. The molecule has 0 amide bonds. The second kappa shape index (κ2) is 10.2. The van der Waals surface area contributed by atoms with Crippen molar-refractivity contribution in [1.82, 2.24) is 15.5 Å². The highest BCUT2D eigenvalue weighted by atomic mass is 19.1. The molecule has 2 rings (SSSR count). The van der Waals surface area contributed by atoms with Gasteiger partial charge in [-0.05, 0) is 32.0 Å². The third-order valence-electron chi connectivity index (χ3n) is 4.23. The minimum absolute atomic E-state index is 0.0995. The number of β-amino-alcohol motifs (C(OH)–C–C–N with tert-alkyl or cyclic N) is 1. The Balaban J connectivity index is 1.95. The zero-order valence-corrected chi connectivity index (χ0v) is 16.0. The lowest BCUT2D eigenvalue weighted by Gasteiger charge is -2.34. The molecule has 8 heteroatoms. The summed E-state index contributed by atoms with van der Waals surface area (Å²) in [6.45, 7) is 8.24. The number of benzene rings is 1. The zero-order valence-electron chi connectivity index (χ0n) is 16.0. The number of guanidine groups is 1. The molecule has 0 radical (unpaired) electrons. The van der Waals surface area contributed by atoms with Gasteiger partial charge in [-0.15, -0.1) is 0 Å². The first-order chi connectivity index (χ1) is 12.9. The smallest absolute Gasteiger partial charge is 0.191 e. The average molecular weight is 377 g/mol. The van der Waals surface area contributed by atoms with Crippen LogP contribution in [0.5, 0.6) is 0 Å². The van der Waals surface area contributed by atoms with Crippen molar-refractivity contribution in [3.05, 3.63) is 35.1 Å². The Bertz CT molecular complexity index is 681. The van der Waals surface area contributed by atoms with E-state index in [1.54, 1.807) is 6.92 Å². The maximum atomic E-state index is 13.9. The number of morpholine rings is 1. The van der Waals surface area contributed by atoms with E-state index in [4.69, 9.17) is 10.00 Å². The fraction of sp³-hybridized carbons (Fsp3) is 0.579. The highest BCUT2D eigenvalue weighted by Crippen LogP contribution is 2.11. The lowest BCUT2D eigenvalue weighted by Crippen LogP contribution is -2.52. The van der Waals surface area contributed by atoms with Crippen LogP contribution in [0.1, 0.15) is 25.0 Å². The largest absolute Gasteiger partial charge is 0.387 e. The van der Waals surface area contributed by atoms with Crippen LogP contribution in [0, 0.1) is 17.1 Å². The number of hydrogen-bond donors (Lipinski definition) is 3. The number of nitriles is 1. The minimum atomic E-state index is -0.945. The molecule has 0 saturated carbocycles. The van der Waals surface area contributed by atoms with Gasteiger partial charge in [0.1, 0.15) is 5.82 Å². The van der Waals surface area contributed by atoms with Crippen LogP contribution in [0.2, 0.25) is 0 Å². The molecular weight excluding hydrogens is 349 g/mol. The monoisotopic (exact) mass is 377 g/mol. The lowest BCUT2D eigenvalue weighted by molar-refractivity contribution is -0.0201. The van der Waals surface area contributed by atoms with Crippen molar-refractivity contribution in [3.63, 3.8) is 0 Å². The van der Waals surface area contributed by atoms with Gasteiger partial charge in [0.25, 0.3) is 0 Å². The Morgan fingerprint density at radius 2 is 2.15 bits per heavy atom. The first-order valence-electron chi connectivity index (χ1n) is 9.16. The van der Waals surface area contributed by atoms with E-state index in [0.717, 1.165) is 13.1 Å². The molecule has 0 bridgehead atoms. The summed E-state index contributed by atoms with van der Waals surface area (Å²) in [5, 5.41) is 25.8. The molecule has 1 fully saturated rings. The predicted octanol–water partition coefficient (Wildman–Crippen LogP) is 0.836. The number of ether oxygens (including phenoxy) is 1. The quantitative estimate of drug-likeness (QED) is 0.482. The van der Waals surface area contributed by atoms with E-state index in [1.807, 2.05) is 13.0 Å². The van der Waals surface area contributed by atoms with E-state index in [0.29, 0.717) is 49.9 Å². The number of halogens is 1. The molecule has 148 valence electrons. The van der Waals surface area contributed by atoms with Crippen LogP contribution in [0.15, 0.2) is 23.2 Å². The van der Waals surface area contributed by atoms with Crippen molar-refractivity contribution in [3.8, 4) is 6.07 Å². The Hall–Kier alpha value is -2.21. The summed E-state index contributed by atoms with van der Waals surface area (Å²) in [4.78, 5) is 6.53. The van der Waals surface area contributed by atoms with Crippen LogP contribution < -0.4 is 10.6 Å². The van der Waals surface area contributed by atoms with Crippen LogP contribution in [0.25, 0.3) is 0 Å². The van der Waals surface area contributed by atoms with Crippen molar-refractivity contribution in [2.45, 2.75) is 26.0 Å². The van der Waals surface area contributed by atoms with E-state index in [-0.39, 0.29) is 6.54 Å². The molecule has 1 aliphatic heterocycles. The topological polar surface area (TPSA) is 92.9 Å². The Morgan fingerprint density at radius 3 is 2.81 bits per heavy atom. The highest BCUT2D eigenvalue weighted by Gasteiger charge is 2.25. The molecular formula is C19H28FN5O2. The molecule has 7 nitrogen and oxygen atoms in total. The summed E-state index contributed by atoms with van der Waals surface area (Å²) in [5.41, 5.74) is -0.196. The molecule has 1 heterocycles. The second-order valence-electron chi connectivity index (χ2n) is 6.85. The van der Waals surface area contributed by atoms with E-state index < -0.39 is 11.4 Å². The highest BCUT2D eigenvalue weighted by molar-refractivity contribution is 5.79. The standard InChI is InChI=1S/C19H28FN5O2/c1-3-22-18(23-12-16-10-15(11-21)4-5-17(16)20)24-13-19(2,26)14-25-6-8-27-9-7-25/h4-5,10,26H,3,6-9,12-14H2,1-2H3,(H2,22,23,24). The molecule has 1 aliphatic rings. The van der Waals surface area contributed by atoms with Gasteiger partial charge in [0, 0.05) is 38.3 Å². The van der Waals surface area contributed by atoms with Crippen LogP contribution in [0.4, 0.5) is 4.39 Å². The number of rotatable bonds is 7. The van der Waals surface area contributed by atoms with Crippen molar-refractivity contribution in [1.29, 1.82) is 5.26 Å². The molecule has 1 aromatic rings. The molecule has 1 aromatic carbocycles. The van der Waals surface area contributed by atoms with Crippen LogP contribution in [-0.4, -0.2) is 67.5 Å². The van der Waals surface area contributed by atoms with E-state index in [2.05, 4.69) is 20.5 Å². The number of nitrogens with one attached hydrogen (secondary N) is 2.